The van der Waals surface area contributed by atoms with E-state index in [0.717, 1.165) is 12.2 Å². The fourth-order valence-electron chi connectivity index (χ4n) is 2.89. The van der Waals surface area contributed by atoms with Gasteiger partial charge in [0.25, 0.3) is 0 Å². The van der Waals surface area contributed by atoms with Crippen molar-refractivity contribution in [3.8, 4) is 0 Å². The average Bonchev–Trinajstić information content (AvgIpc) is 2.88. The van der Waals surface area contributed by atoms with Gasteiger partial charge in [0.05, 0.1) is 17.9 Å². The van der Waals surface area contributed by atoms with Crippen molar-refractivity contribution in [3.05, 3.63) is 11.4 Å². The number of aryl methyl sites for hydroxylation is 1. The van der Waals surface area contributed by atoms with E-state index >= 15 is 0 Å². The SMILES string of the molecule is CNCCn1nc(C)c(S(=O)(=O)N2CC(C)C(C)C2)c1C. The van der Waals surface area contributed by atoms with Gasteiger partial charge < -0.3 is 5.32 Å². The Morgan fingerprint density at radius 2 is 1.81 bits per heavy atom. The molecule has 120 valence electrons. The molecule has 0 bridgehead atoms. The van der Waals surface area contributed by atoms with Crippen LogP contribution in [0.4, 0.5) is 0 Å². The third-order valence-corrected chi connectivity index (χ3v) is 6.53. The molecule has 1 aromatic heterocycles. The van der Waals surface area contributed by atoms with E-state index in [-0.39, 0.29) is 0 Å². The van der Waals surface area contributed by atoms with Crippen LogP contribution >= 0.6 is 0 Å². The molecule has 21 heavy (non-hydrogen) atoms. The van der Waals surface area contributed by atoms with E-state index in [1.807, 2.05) is 14.0 Å². The number of nitrogens with zero attached hydrogens (tertiary/aromatic N) is 3. The first-order valence-corrected chi connectivity index (χ1v) is 8.91. The summed E-state index contributed by atoms with van der Waals surface area (Å²) in [6.45, 7) is 10.5. The molecule has 6 nitrogen and oxygen atoms in total. The fourth-order valence-corrected chi connectivity index (χ4v) is 4.91. The summed E-state index contributed by atoms with van der Waals surface area (Å²) in [5, 5.41) is 7.45. The lowest BCUT2D eigenvalue weighted by molar-refractivity contribution is 0.462. The maximum atomic E-state index is 12.9. The molecule has 1 saturated heterocycles. The molecule has 0 radical (unpaired) electrons. The second kappa shape index (κ2) is 6.06. The van der Waals surface area contributed by atoms with E-state index in [9.17, 15) is 8.42 Å². The Bertz CT molecular complexity index is 599. The summed E-state index contributed by atoms with van der Waals surface area (Å²) < 4.78 is 29.2. The Morgan fingerprint density at radius 1 is 1.24 bits per heavy atom. The van der Waals surface area contributed by atoms with E-state index in [1.54, 1.807) is 15.9 Å². The van der Waals surface area contributed by atoms with E-state index in [0.29, 0.717) is 42.1 Å². The van der Waals surface area contributed by atoms with Crippen LogP contribution in [0.2, 0.25) is 0 Å². The maximum Gasteiger partial charge on any atom is 0.246 e. The van der Waals surface area contributed by atoms with Crippen LogP contribution in [0, 0.1) is 25.7 Å². The van der Waals surface area contributed by atoms with Gasteiger partial charge in [-0.2, -0.15) is 9.40 Å². The number of rotatable bonds is 5. The minimum Gasteiger partial charge on any atom is -0.318 e. The zero-order chi connectivity index (χ0) is 15.8. The van der Waals surface area contributed by atoms with Crippen LogP contribution in [0.5, 0.6) is 0 Å². The highest BCUT2D eigenvalue weighted by atomic mass is 32.2. The van der Waals surface area contributed by atoms with Gasteiger partial charge in [-0.25, -0.2) is 8.42 Å². The fraction of sp³-hybridized carbons (Fsp3) is 0.786. The first-order chi connectivity index (χ1) is 9.78. The highest BCUT2D eigenvalue weighted by Gasteiger charge is 2.37. The monoisotopic (exact) mass is 314 g/mol. The van der Waals surface area contributed by atoms with Gasteiger partial charge >= 0.3 is 0 Å². The Kier molecular flexibility index (Phi) is 4.75. The topological polar surface area (TPSA) is 67.2 Å². The molecule has 0 aromatic carbocycles. The van der Waals surface area contributed by atoms with Crippen molar-refractivity contribution in [2.24, 2.45) is 11.8 Å². The number of hydrogen-bond donors (Lipinski definition) is 1. The Balaban J connectivity index is 2.35. The summed E-state index contributed by atoms with van der Waals surface area (Å²) in [5.74, 6) is 0.805. The van der Waals surface area contributed by atoms with Gasteiger partial charge in [0.1, 0.15) is 4.90 Å². The lowest BCUT2D eigenvalue weighted by atomic mass is 10.0. The molecule has 1 aliphatic heterocycles. The van der Waals surface area contributed by atoms with Crippen molar-refractivity contribution >= 4 is 10.0 Å². The van der Waals surface area contributed by atoms with Crippen LogP contribution in [0.1, 0.15) is 25.2 Å². The second-order valence-electron chi connectivity index (χ2n) is 6.10. The first kappa shape index (κ1) is 16.5. The van der Waals surface area contributed by atoms with Gasteiger partial charge in [0, 0.05) is 19.6 Å². The van der Waals surface area contributed by atoms with Crippen LogP contribution in [-0.4, -0.2) is 49.2 Å². The molecule has 7 heteroatoms. The molecule has 0 aliphatic carbocycles. The molecule has 1 fully saturated rings. The number of nitrogens with one attached hydrogen (secondary N) is 1. The van der Waals surface area contributed by atoms with Crippen LogP contribution in [0.25, 0.3) is 0 Å². The molecule has 0 spiro atoms. The predicted octanol–water partition coefficient (Wildman–Crippen LogP) is 0.996. The lowest BCUT2D eigenvalue weighted by Gasteiger charge is -2.16. The molecule has 0 amide bonds. The minimum atomic E-state index is -3.44. The predicted molar refractivity (Wildman–Crippen MR) is 82.7 cm³/mol. The highest BCUT2D eigenvalue weighted by Crippen LogP contribution is 2.30. The second-order valence-corrected chi connectivity index (χ2v) is 7.98. The molecule has 1 N–H and O–H groups in total. The summed E-state index contributed by atoms with van der Waals surface area (Å²) in [7, 11) is -1.57. The zero-order valence-corrected chi connectivity index (χ0v) is 14.4. The maximum absolute atomic E-state index is 12.9. The van der Waals surface area contributed by atoms with Gasteiger partial charge in [0.2, 0.25) is 10.0 Å². The number of sulfonamides is 1. The van der Waals surface area contributed by atoms with Crippen molar-refractivity contribution < 1.29 is 8.42 Å². The van der Waals surface area contributed by atoms with Gasteiger partial charge in [-0.1, -0.05) is 13.8 Å². The summed E-state index contributed by atoms with van der Waals surface area (Å²) in [5.41, 5.74) is 1.32. The van der Waals surface area contributed by atoms with E-state index < -0.39 is 10.0 Å². The highest BCUT2D eigenvalue weighted by molar-refractivity contribution is 7.89. The largest absolute Gasteiger partial charge is 0.318 e. The molecular formula is C14H26N4O2S. The Labute approximate surface area is 127 Å². The van der Waals surface area contributed by atoms with E-state index in [4.69, 9.17) is 0 Å². The number of likely N-dealkylation sites (N-methyl/N-ethyl adjacent to an activating group) is 1. The lowest BCUT2D eigenvalue weighted by Crippen LogP contribution is -2.30. The van der Waals surface area contributed by atoms with Crippen LogP contribution < -0.4 is 5.32 Å². The van der Waals surface area contributed by atoms with Crippen molar-refractivity contribution in [1.29, 1.82) is 0 Å². The molecular weight excluding hydrogens is 288 g/mol. The standard InChI is InChI=1S/C14H26N4O2S/c1-10-8-17(9-11(10)2)21(19,20)14-12(3)16-18(13(14)4)7-6-15-5/h10-11,15H,6-9H2,1-5H3. The van der Waals surface area contributed by atoms with Gasteiger partial charge in [-0.3, -0.25) is 4.68 Å². The smallest absolute Gasteiger partial charge is 0.246 e. The van der Waals surface area contributed by atoms with E-state index in [2.05, 4.69) is 24.3 Å². The number of hydrogen-bond acceptors (Lipinski definition) is 4. The van der Waals surface area contributed by atoms with Crippen LogP contribution in [0.3, 0.4) is 0 Å². The normalized spacial score (nSPS) is 23.9. The zero-order valence-electron chi connectivity index (χ0n) is 13.5. The first-order valence-electron chi connectivity index (χ1n) is 7.47. The summed E-state index contributed by atoms with van der Waals surface area (Å²) in [4.78, 5) is 0.389. The third kappa shape index (κ3) is 3.00. The minimum absolute atomic E-state index is 0.389. The molecule has 1 aromatic rings. The van der Waals surface area contributed by atoms with Crippen molar-refractivity contribution in [3.63, 3.8) is 0 Å². The molecule has 0 saturated carbocycles. The number of aromatic nitrogens is 2. The average molecular weight is 314 g/mol. The molecule has 2 heterocycles. The van der Waals surface area contributed by atoms with Gasteiger partial charge in [-0.05, 0) is 32.7 Å². The molecule has 2 rings (SSSR count). The Hall–Kier alpha value is -0.920. The van der Waals surface area contributed by atoms with Gasteiger partial charge in [0.15, 0.2) is 0 Å². The van der Waals surface area contributed by atoms with Crippen molar-refractivity contribution in [2.45, 2.75) is 39.1 Å². The summed E-state index contributed by atoms with van der Waals surface area (Å²) in [6, 6.07) is 0. The van der Waals surface area contributed by atoms with Crippen LogP contribution in [0.15, 0.2) is 4.90 Å². The summed E-state index contributed by atoms with van der Waals surface area (Å²) in [6.07, 6.45) is 0. The molecule has 2 unspecified atom stereocenters. The molecule has 1 aliphatic rings. The van der Waals surface area contributed by atoms with Crippen molar-refractivity contribution in [1.82, 2.24) is 19.4 Å². The molecule has 2 atom stereocenters. The Morgan fingerprint density at radius 3 is 2.33 bits per heavy atom. The van der Waals surface area contributed by atoms with Crippen LogP contribution in [-0.2, 0) is 16.6 Å². The van der Waals surface area contributed by atoms with Gasteiger partial charge in [-0.15, -0.1) is 0 Å². The third-order valence-electron chi connectivity index (χ3n) is 4.44. The summed E-state index contributed by atoms with van der Waals surface area (Å²) >= 11 is 0. The quantitative estimate of drug-likeness (QED) is 0.880. The van der Waals surface area contributed by atoms with E-state index in [1.165, 1.54) is 0 Å². The van der Waals surface area contributed by atoms with Crippen molar-refractivity contribution in [2.75, 3.05) is 26.7 Å².